The van der Waals surface area contributed by atoms with Gasteiger partial charge in [-0.15, -0.1) is 0 Å². The molecule has 392 valence electrons. The Bertz CT molecular complexity index is 3450. The predicted molar refractivity (Wildman–Crippen MR) is 333 cm³/mol. The number of nitrogens with one attached hydrogen (secondary N) is 1. The number of hydrogen-bond donors (Lipinski definition) is 1. The van der Waals surface area contributed by atoms with Crippen molar-refractivity contribution in [2.45, 2.75) is 121 Å². The largest absolute Gasteiger partial charge is 0.361 e. The lowest BCUT2D eigenvalue weighted by molar-refractivity contribution is 0.726. The van der Waals surface area contributed by atoms with E-state index < -0.39 is 0 Å². The molecule has 0 amide bonds. The lowest BCUT2D eigenvalue weighted by Gasteiger charge is -2.36. The molecule has 6 heteroatoms. The molecule has 3 aliphatic rings. The van der Waals surface area contributed by atoms with Gasteiger partial charge in [0, 0.05) is 87.3 Å². The number of hydrogen-bond acceptors (Lipinski definition) is 2. The molecular weight excluding hydrogens is 925 g/mol. The van der Waals surface area contributed by atoms with Crippen LogP contribution >= 0.6 is 0 Å². The van der Waals surface area contributed by atoms with Crippen LogP contribution in [-0.2, 0) is 19.3 Å². The Hall–Kier alpha value is -7.83. The second-order valence-electron chi connectivity index (χ2n) is 18.6. The zero-order valence-corrected chi connectivity index (χ0v) is 47.5. The highest BCUT2D eigenvalue weighted by Crippen LogP contribution is 2.42. The molecule has 0 fully saturated rings. The second-order valence-corrected chi connectivity index (χ2v) is 18.6. The van der Waals surface area contributed by atoms with Gasteiger partial charge in [0.1, 0.15) is 11.5 Å². The number of anilines is 1. The third-order valence-electron chi connectivity index (χ3n) is 13.8. The summed E-state index contributed by atoms with van der Waals surface area (Å²) in [6, 6.07) is 38.0. The highest BCUT2D eigenvalue weighted by atomic mass is 15.2. The van der Waals surface area contributed by atoms with Crippen molar-refractivity contribution in [3.05, 3.63) is 227 Å². The lowest BCUT2D eigenvalue weighted by atomic mass is 9.89. The minimum Gasteiger partial charge on any atom is -0.361 e. The summed E-state index contributed by atoms with van der Waals surface area (Å²) in [6.45, 7) is 25.7. The first kappa shape index (κ1) is 55.9. The van der Waals surface area contributed by atoms with Crippen LogP contribution in [0.1, 0.15) is 127 Å². The number of para-hydroxylation sites is 3. The smallest absolute Gasteiger partial charge is 0.145 e. The fourth-order valence-corrected chi connectivity index (χ4v) is 10.7. The van der Waals surface area contributed by atoms with E-state index in [0.29, 0.717) is 0 Å². The van der Waals surface area contributed by atoms with Gasteiger partial charge in [0.2, 0.25) is 0 Å². The van der Waals surface area contributed by atoms with Gasteiger partial charge < -0.3 is 14.5 Å². The number of aromatic nitrogens is 5. The molecule has 0 radical (unpaired) electrons. The van der Waals surface area contributed by atoms with E-state index in [-0.39, 0.29) is 6.04 Å². The van der Waals surface area contributed by atoms with E-state index in [9.17, 15) is 0 Å². The van der Waals surface area contributed by atoms with E-state index in [1.165, 1.54) is 73.3 Å². The van der Waals surface area contributed by atoms with Crippen molar-refractivity contribution in [2.24, 2.45) is 0 Å². The van der Waals surface area contributed by atoms with Crippen LogP contribution in [0.5, 0.6) is 0 Å². The number of aryl methyl sites for hydroxylation is 1. The zero-order valence-electron chi connectivity index (χ0n) is 47.5. The van der Waals surface area contributed by atoms with Crippen molar-refractivity contribution in [3.8, 4) is 22.8 Å². The van der Waals surface area contributed by atoms with Crippen molar-refractivity contribution in [3.63, 3.8) is 0 Å². The highest BCUT2D eigenvalue weighted by molar-refractivity contribution is 5.95. The molecule has 4 aromatic heterocycles. The molecule has 0 spiro atoms. The van der Waals surface area contributed by atoms with Gasteiger partial charge in [-0.25, -0.2) is 4.98 Å². The van der Waals surface area contributed by atoms with E-state index in [1.54, 1.807) is 0 Å². The van der Waals surface area contributed by atoms with E-state index in [4.69, 9.17) is 4.98 Å². The van der Waals surface area contributed by atoms with Crippen molar-refractivity contribution in [2.75, 3.05) is 11.4 Å². The van der Waals surface area contributed by atoms with Gasteiger partial charge in [-0.2, -0.15) is 0 Å². The third kappa shape index (κ3) is 11.5. The first-order valence-electron chi connectivity index (χ1n) is 28.2. The lowest BCUT2D eigenvalue weighted by Crippen LogP contribution is -2.36. The molecule has 1 unspecified atom stereocenters. The van der Waals surface area contributed by atoms with Crippen LogP contribution in [0.4, 0.5) is 5.69 Å². The van der Waals surface area contributed by atoms with Crippen LogP contribution in [-0.4, -0.2) is 36.3 Å². The molecule has 5 heterocycles. The highest BCUT2D eigenvalue weighted by Gasteiger charge is 2.29. The number of rotatable bonds is 9. The normalized spacial score (nSPS) is 15.5. The van der Waals surface area contributed by atoms with Crippen molar-refractivity contribution in [1.82, 2.24) is 23.7 Å². The second kappa shape index (κ2) is 27.1. The minimum absolute atomic E-state index is 0.0423. The van der Waals surface area contributed by atoms with Crippen molar-refractivity contribution < 1.29 is 0 Å². The number of H-pyrrole nitrogens is 1. The number of aromatic amines is 1. The Morgan fingerprint density at radius 3 is 2.16 bits per heavy atom. The van der Waals surface area contributed by atoms with E-state index in [2.05, 4.69) is 260 Å². The molecule has 4 aromatic carbocycles. The molecule has 0 saturated heterocycles. The van der Waals surface area contributed by atoms with Crippen LogP contribution in [0.15, 0.2) is 182 Å². The standard InChI is InChI=1S/C61H56N6.C3H8.3C2H6/c1-5-7-29-56-42(3)52-27-18-20-32-58(52)66(56)50-38-45(36-47(40-50)60-63-55(22-6-2)43(4)65(60)48-25-13-10-14-26-48)46-37-49(64-35-21-9-8-12-23-44-24-17-19-30-57(44)64)41-51(39-46)67-59-31-16-11-15-28-53(59)54-33-34-62-61(54)67;1-3-2;3*1-2/h5-22,24-28,30,32-34,36,38-41,49,62H,23,29,31,35,37H2,1-4H3;3H2,1-2H3;3*1-2H3/b7-5-,12-8-,21-9-,22-6-;;;;. The van der Waals surface area contributed by atoms with Crippen LogP contribution in [0, 0.1) is 13.8 Å². The van der Waals surface area contributed by atoms with Gasteiger partial charge in [-0.05, 0) is 130 Å². The molecule has 11 rings (SSSR count). The Morgan fingerprint density at radius 2 is 1.38 bits per heavy atom. The summed E-state index contributed by atoms with van der Waals surface area (Å²) in [7, 11) is 0. The summed E-state index contributed by atoms with van der Waals surface area (Å²) in [4.78, 5) is 11.8. The molecule has 1 aliphatic heterocycles. The summed E-state index contributed by atoms with van der Waals surface area (Å²) in [5.74, 6) is 0.917. The van der Waals surface area contributed by atoms with E-state index >= 15 is 0 Å². The Kier molecular flexibility index (Phi) is 19.9. The predicted octanol–water partition coefficient (Wildman–Crippen LogP) is 19.0. The maximum absolute atomic E-state index is 5.47. The molecule has 76 heavy (non-hydrogen) atoms. The molecule has 6 nitrogen and oxygen atoms in total. The molecule has 1 atom stereocenters. The first-order chi connectivity index (χ1) is 37.4. The van der Waals surface area contributed by atoms with Gasteiger partial charge in [-0.3, -0.25) is 9.13 Å². The van der Waals surface area contributed by atoms with Gasteiger partial charge in [-0.1, -0.05) is 183 Å². The summed E-state index contributed by atoms with van der Waals surface area (Å²) in [6.07, 6.45) is 38.2. The maximum atomic E-state index is 5.47. The summed E-state index contributed by atoms with van der Waals surface area (Å²) >= 11 is 0. The van der Waals surface area contributed by atoms with Crippen LogP contribution in [0.25, 0.3) is 68.1 Å². The monoisotopic (exact) mass is 1010 g/mol. The summed E-state index contributed by atoms with van der Waals surface area (Å²) in [5, 5.41) is 2.51. The third-order valence-corrected chi connectivity index (χ3v) is 13.8. The molecular formula is C70H82N6. The van der Waals surface area contributed by atoms with Crippen LogP contribution in [0.2, 0.25) is 0 Å². The molecule has 1 N–H and O–H groups in total. The fraction of sp³-hybridized carbons (Fsp3) is 0.271. The summed E-state index contributed by atoms with van der Waals surface area (Å²) in [5.41, 5.74) is 19.1. The Morgan fingerprint density at radius 1 is 0.684 bits per heavy atom. The van der Waals surface area contributed by atoms with E-state index in [1.807, 2.05) is 41.5 Å². The Balaban J connectivity index is 0.000000884. The van der Waals surface area contributed by atoms with Crippen molar-refractivity contribution in [1.29, 1.82) is 0 Å². The molecule has 2 aliphatic carbocycles. The first-order valence-corrected chi connectivity index (χ1v) is 28.2. The van der Waals surface area contributed by atoms with Gasteiger partial charge in [0.15, 0.2) is 0 Å². The van der Waals surface area contributed by atoms with Gasteiger partial charge in [0.05, 0.1) is 17.3 Å². The average molecular weight is 1010 g/mol. The number of nitrogens with zero attached hydrogens (tertiary/aromatic N) is 5. The van der Waals surface area contributed by atoms with Crippen molar-refractivity contribution >= 4 is 51.0 Å². The van der Waals surface area contributed by atoms with Gasteiger partial charge in [0.25, 0.3) is 0 Å². The fourth-order valence-electron chi connectivity index (χ4n) is 10.7. The zero-order chi connectivity index (χ0) is 54.1. The average Bonchev–Trinajstić information content (AvgIpc) is 4.19. The number of allylic oxidation sites excluding steroid dienone is 11. The molecule has 0 saturated carbocycles. The number of imidazole rings is 1. The van der Waals surface area contributed by atoms with Crippen LogP contribution < -0.4 is 4.90 Å². The molecule has 8 aromatic rings. The summed E-state index contributed by atoms with van der Waals surface area (Å²) < 4.78 is 7.33. The SMILES string of the molecule is C/C=C\Cc1c(C)c2ccccc2n1-c1cc(C2=CC(n3c4c(c5cc[nH]c53)C=CC=CC4)=CC(N3C/C=C\C=C/Cc4ccccc43)C2)cc(-c2nc(/C=C\C)c(C)n2-c2ccccc2)c1.CC.CC.CC.CCC. The minimum atomic E-state index is 0.0423. The van der Waals surface area contributed by atoms with Gasteiger partial charge >= 0.3 is 0 Å². The topological polar surface area (TPSA) is 46.7 Å². The van der Waals surface area contributed by atoms with E-state index in [0.717, 1.165) is 72.0 Å². The maximum Gasteiger partial charge on any atom is 0.145 e. The Labute approximate surface area is 455 Å². The number of fused-ring (bicyclic) bond motifs is 5. The molecule has 0 bridgehead atoms. The number of benzene rings is 4. The quantitative estimate of drug-likeness (QED) is 0.147. The van der Waals surface area contributed by atoms with Crippen LogP contribution in [0.3, 0.4) is 0 Å².